The summed E-state index contributed by atoms with van der Waals surface area (Å²) in [5.41, 5.74) is 1.84. The Labute approximate surface area is 130 Å². The second-order valence-electron chi connectivity index (χ2n) is 4.38. The van der Waals surface area contributed by atoms with Gasteiger partial charge in [0.05, 0.1) is 5.69 Å². The van der Waals surface area contributed by atoms with Gasteiger partial charge >= 0.3 is 0 Å². The van der Waals surface area contributed by atoms with Gasteiger partial charge in [-0.1, -0.05) is 34.1 Å². The molecular formula is C16H11BrFN3. The lowest BCUT2D eigenvalue weighted by Gasteiger charge is -2.07. The summed E-state index contributed by atoms with van der Waals surface area (Å²) in [7, 11) is 0. The average Bonchev–Trinajstić information content (AvgIpc) is 2.51. The molecule has 0 unspecified atom stereocenters. The zero-order valence-corrected chi connectivity index (χ0v) is 12.5. The molecule has 0 fully saturated rings. The van der Waals surface area contributed by atoms with Crippen LogP contribution in [-0.4, -0.2) is 9.97 Å². The first-order valence-corrected chi connectivity index (χ1v) is 7.12. The fraction of sp³-hybridized carbons (Fsp3) is 0. The summed E-state index contributed by atoms with van der Waals surface area (Å²) < 4.78 is 14.7. The second kappa shape index (κ2) is 6.01. The lowest BCUT2D eigenvalue weighted by atomic mass is 10.1. The van der Waals surface area contributed by atoms with Crippen LogP contribution in [0.15, 0.2) is 65.3 Å². The van der Waals surface area contributed by atoms with Crippen molar-refractivity contribution < 1.29 is 4.39 Å². The minimum atomic E-state index is -0.317. The molecule has 0 aliphatic heterocycles. The molecule has 0 bridgehead atoms. The Kier molecular flexibility index (Phi) is 3.92. The third-order valence-corrected chi connectivity index (χ3v) is 3.38. The van der Waals surface area contributed by atoms with Gasteiger partial charge in [0.1, 0.15) is 5.82 Å². The van der Waals surface area contributed by atoms with Crippen molar-refractivity contribution in [1.29, 1.82) is 0 Å². The molecule has 1 aromatic heterocycles. The Balaban J connectivity index is 1.95. The number of hydrogen-bond donors (Lipinski definition) is 1. The van der Waals surface area contributed by atoms with Crippen LogP contribution in [0.5, 0.6) is 0 Å². The number of aromatic nitrogens is 2. The van der Waals surface area contributed by atoms with Crippen LogP contribution in [-0.2, 0) is 0 Å². The summed E-state index contributed by atoms with van der Waals surface area (Å²) in [6.07, 6.45) is 1.61. The Bertz CT molecular complexity index is 762. The van der Waals surface area contributed by atoms with E-state index in [1.54, 1.807) is 24.4 Å². The molecule has 0 atom stereocenters. The van der Waals surface area contributed by atoms with E-state index in [0.29, 0.717) is 17.2 Å². The van der Waals surface area contributed by atoms with Crippen LogP contribution in [0.2, 0.25) is 0 Å². The number of rotatable bonds is 3. The first-order chi connectivity index (χ1) is 10.2. The second-order valence-corrected chi connectivity index (χ2v) is 5.30. The highest BCUT2D eigenvalue weighted by Crippen LogP contribution is 2.25. The summed E-state index contributed by atoms with van der Waals surface area (Å²) in [5.74, 6) is 0.112. The van der Waals surface area contributed by atoms with Crippen molar-refractivity contribution in [2.45, 2.75) is 0 Å². The molecule has 0 saturated heterocycles. The van der Waals surface area contributed by atoms with Crippen LogP contribution in [0.3, 0.4) is 0 Å². The minimum absolute atomic E-state index is 0.317. The Morgan fingerprint density at radius 2 is 1.81 bits per heavy atom. The lowest BCUT2D eigenvalue weighted by Crippen LogP contribution is -1.98. The smallest absolute Gasteiger partial charge is 0.227 e. The molecule has 3 rings (SSSR count). The van der Waals surface area contributed by atoms with Crippen molar-refractivity contribution in [2.24, 2.45) is 0 Å². The number of nitrogens with one attached hydrogen (secondary N) is 1. The molecule has 3 aromatic rings. The fourth-order valence-electron chi connectivity index (χ4n) is 1.91. The van der Waals surface area contributed by atoms with Gasteiger partial charge < -0.3 is 5.32 Å². The van der Waals surface area contributed by atoms with Crippen molar-refractivity contribution in [1.82, 2.24) is 9.97 Å². The van der Waals surface area contributed by atoms with Gasteiger partial charge in [-0.25, -0.2) is 14.4 Å². The van der Waals surface area contributed by atoms with Crippen LogP contribution in [0.25, 0.3) is 11.3 Å². The van der Waals surface area contributed by atoms with Crippen LogP contribution in [0.4, 0.5) is 16.0 Å². The number of nitrogens with zero attached hydrogens (tertiary/aromatic N) is 2. The Morgan fingerprint density at radius 3 is 2.62 bits per heavy atom. The topological polar surface area (TPSA) is 37.8 Å². The first-order valence-electron chi connectivity index (χ1n) is 6.33. The third kappa shape index (κ3) is 3.25. The van der Waals surface area contributed by atoms with E-state index in [9.17, 15) is 4.39 Å². The number of para-hydroxylation sites is 1. The molecule has 0 amide bonds. The van der Waals surface area contributed by atoms with Gasteiger partial charge in [0.2, 0.25) is 5.95 Å². The molecule has 0 aliphatic carbocycles. The maximum atomic E-state index is 13.9. The van der Waals surface area contributed by atoms with Gasteiger partial charge in [-0.15, -0.1) is 0 Å². The van der Waals surface area contributed by atoms with Crippen molar-refractivity contribution in [2.75, 3.05) is 5.32 Å². The number of anilines is 2. The highest BCUT2D eigenvalue weighted by molar-refractivity contribution is 9.10. The predicted molar refractivity (Wildman–Crippen MR) is 84.9 cm³/mol. The van der Waals surface area contributed by atoms with Crippen molar-refractivity contribution >= 4 is 27.6 Å². The molecule has 5 heteroatoms. The van der Waals surface area contributed by atoms with Crippen molar-refractivity contribution in [3.05, 3.63) is 71.1 Å². The standard InChI is InChI=1S/C16H11BrFN3/c17-11-6-7-14(18)13(10-11)15-8-9-19-16(21-15)20-12-4-2-1-3-5-12/h1-10H,(H,19,20,21). The van der Waals surface area contributed by atoms with Gasteiger partial charge in [-0.3, -0.25) is 0 Å². The maximum Gasteiger partial charge on any atom is 0.227 e. The fourth-order valence-corrected chi connectivity index (χ4v) is 2.27. The summed E-state index contributed by atoms with van der Waals surface area (Å²) in [5, 5.41) is 3.09. The number of halogens is 2. The molecule has 0 saturated carbocycles. The summed E-state index contributed by atoms with van der Waals surface area (Å²) in [6, 6.07) is 16.0. The van der Waals surface area contributed by atoms with E-state index in [4.69, 9.17) is 0 Å². The lowest BCUT2D eigenvalue weighted by molar-refractivity contribution is 0.630. The summed E-state index contributed by atoms with van der Waals surface area (Å²) >= 11 is 3.34. The molecule has 0 aliphatic rings. The molecule has 21 heavy (non-hydrogen) atoms. The zero-order valence-electron chi connectivity index (χ0n) is 10.9. The molecule has 2 aromatic carbocycles. The normalized spacial score (nSPS) is 10.4. The average molecular weight is 344 g/mol. The van der Waals surface area contributed by atoms with Gasteiger partial charge in [0.15, 0.2) is 0 Å². The van der Waals surface area contributed by atoms with Gasteiger partial charge in [-0.05, 0) is 36.4 Å². The predicted octanol–water partition coefficient (Wildman–Crippen LogP) is 4.79. The van der Waals surface area contributed by atoms with Gasteiger partial charge in [0.25, 0.3) is 0 Å². The maximum absolute atomic E-state index is 13.9. The van der Waals surface area contributed by atoms with E-state index in [1.807, 2.05) is 30.3 Å². The van der Waals surface area contributed by atoms with E-state index in [2.05, 4.69) is 31.2 Å². The molecule has 104 valence electrons. The molecule has 0 radical (unpaired) electrons. The van der Waals surface area contributed by atoms with Crippen molar-refractivity contribution in [3.63, 3.8) is 0 Å². The van der Waals surface area contributed by atoms with Crippen LogP contribution in [0, 0.1) is 5.82 Å². The van der Waals surface area contributed by atoms with E-state index in [-0.39, 0.29) is 5.82 Å². The largest absolute Gasteiger partial charge is 0.324 e. The third-order valence-electron chi connectivity index (χ3n) is 2.89. The van der Waals surface area contributed by atoms with Crippen LogP contribution in [0.1, 0.15) is 0 Å². The van der Waals surface area contributed by atoms with Crippen LogP contribution < -0.4 is 5.32 Å². The van der Waals surface area contributed by atoms with E-state index in [1.165, 1.54) is 6.07 Å². The van der Waals surface area contributed by atoms with E-state index >= 15 is 0 Å². The summed E-state index contributed by atoms with van der Waals surface area (Å²) in [6.45, 7) is 0. The molecule has 0 spiro atoms. The molecule has 1 N–H and O–H groups in total. The SMILES string of the molecule is Fc1ccc(Br)cc1-c1ccnc(Nc2ccccc2)n1. The molecule has 3 nitrogen and oxygen atoms in total. The molecular weight excluding hydrogens is 333 g/mol. The number of benzene rings is 2. The van der Waals surface area contributed by atoms with Gasteiger partial charge in [0, 0.05) is 21.9 Å². The van der Waals surface area contributed by atoms with Crippen molar-refractivity contribution in [3.8, 4) is 11.3 Å². The van der Waals surface area contributed by atoms with E-state index in [0.717, 1.165) is 10.2 Å². The van der Waals surface area contributed by atoms with E-state index < -0.39 is 0 Å². The quantitative estimate of drug-likeness (QED) is 0.742. The first kappa shape index (κ1) is 13.7. The number of hydrogen-bond acceptors (Lipinski definition) is 3. The summed E-state index contributed by atoms with van der Waals surface area (Å²) in [4.78, 5) is 8.51. The highest BCUT2D eigenvalue weighted by atomic mass is 79.9. The minimum Gasteiger partial charge on any atom is -0.324 e. The van der Waals surface area contributed by atoms with Gasteiger partial charge in [-0.2, -0.15) is 0 Å². The van der Waals surface area contributed by atoms with Crippen LogP contribution >= 0.6 is 15.9 Å². The Hall–Kier alpha value is -2.27. The highest BCUT2D eigenvalue weighted by Gasteiger charge is 2.08. The zero-order chi connectivity index (χ0) is 14.7. The monoisotopic (exact) mass is 343 g/mol. The Morgan fingerprint density at radius 1 is 1.00 bits per heavy atom. The molecule has 1 heterocycles.